The Kier molecular flexibility index (Phi) is 5.26. The number of rotatable bonds is 5. The molecule has 1 amide bonds. The molecule has 2 N–H and O–H groups in total. The van der Waals surface area contributed by atoms with Crippen LogP contribution in [-0.4, -0.2) is 15.9 Å². The minimum Gasteiger partial charge on any atom is -0.350 e. The Morgan fingerprint density at radius 1 is 1.04 bits per heavy atom. The molecule has 3 rings (SSSR count). The first-order chi connectivity index (χ1) is 12.1. The first kappa shape index (κ1) is 16.9. The molecule has 0 spiro atoms. The highest BCUT2D eigenvalue weighted by Gasteiger charge is 2.08. The smallest absolute Gasteiger partial charge is 0.258 e. The number of halogens is 1. The summed E-state index contributed by atoms with van der Waals surface area (Å²) in [6.45, 7) is 2.50. The summed E-state index contributed by atoms with van der Waals surface area (Å²) in [5.74, 6) is 0.188. The SMILES string of the molecule is Cc1ccc(NC(=O)c2cnc(NCc3ccccc3Cl)nc2)cc1. The van der Waals surface area contributed by atoms with E-state index in [4.69, 9.17) is 11.6 Å². The number of carbonyl (C=O) groups is 1. The Morgan fingerprint density at radius 3 is 2.40 bits per heavy atom. The van der Waals surface area contributed by atoms with Gasteiger partial charge in [0.15, 0.2) is 0 Å². The second-order valence-electron chi connectivity index (χ2n) is 5.56. The zero-order chi connectivity index (χ0) is 17.6. The van der Waals surface area contributed by atoms with E-state index in [-0.39, 0.29) is 5.91 Å². The Labute approximate surface area is 151 Å². The van der Waals surface area contributed by atoms with Crippen LogP contribution in [0.3, 0.4) is 0 Å². The molecule has 2 aromatic carbocycles. The van der Waals surface area contributed by atoms with Crippen LogP contribution in [-0.2, 0) is 6.54 Å². The molecule has 0 atom stereocenters. The topological polar surface area (TPSA) is 66.9 Å². The number of carbonyl (C=O) groups excluding carboxylic acids is 1. The van der Waals surface area contributed by atoms with Crippen LogP contribution in [0.4, 0.5) is 11.6 Å². The van der Waals surface area contributed by atoms with Gasteiger partial charge in [0.2, 0.25) is 5.95 Å². The van der Waals surface area contributed by atoms with E-state index in [1.165, 1.54) is 12.4 Å². The summed E-state index contributed by atoms with van der Waals surface area (Å²) in [6.07, 6.45) is 2.98. The summed E-state index contributed by atoms with van der Waals surface area (Å²) in [5.41, 5.74) is 3.21. The van der Waals surface area contributed by atoms with E-state index in [0.29, 0.717) is 23.1 Å². The lowest BCUT2D eigenvalue weighted by Gasteiger charge is -2.08. The fourth-order valence-electron chi connectivity index (χ4n) is 2.19. The molecule has 0 unspecified atom stereocenters. The zero-order valence-corrected chi connectivity index (χ0v) is 14.4. The van der Waals surface area contributed by atoms with Crippen LogP contribution >= 0.6 is 11.6 Å². The lowest BCUT2D eigenvalue weighted by molar-refractivity contribution is 0.102. The predicted molar refractivity (Wildman–Crippen MR) is 99.9 cm³/mol. The van der Waals surface area contributed by atoms with E-state index in [9.17, 15) is 4.79 Å². The molecule has 0 saturated heterocycles. The Bertz CT molecular complexity index is 863. The van der Waals surface area contributed by atoms with E-state index in [1.54, 1.807) is 0 Å². The van der Waals surface area contributed by atoms with Crippen LogP contribution in [0, 0.1) is 6.92 Å². The van der Waals surface area contributed by atoms with Crippen molar-refractivity contribution < 1.29 is 4.79 Å². The third-order valence-corrected chi connectivity index (χ3v) is 3.99. The Hall–Kier alpha value is -2.92. The molecular formula is C19H17ClN4O. The molecule has 0 radical (unpaired) electrons. The highest BCUT2D eigenvalue weighted by Crippen LogP contribution is 2.16. The standard InChI is InChI=1S/C19H17ClN4O/c1-13-6-8-16(9-7-13)24-18(25)15-11-22-19(23-12-15)21-10-14-4-2-3-5-17(14)20/h2-9,11-12H,10H2,1H3,(H,24,25)(H,21,22,23). The maximum Gasteiger partial charge on any atom is 0.258 e. The van der Waals surface area contributed by atoms with Crippen molar-refractivity contribution in [2.75, 3.05) is 10.6 Å². The van der Waals surface area contributed by atoms with Gasteiger partial charge in [0.1, 0.15) is 0 Å². The van der Waals surface area contributed by atoms with Crippen LogP contribution in [0.25, 0.3) is 0 Å². The number of amides is 1. The maximum absolute atomic E-state index is 12.2. The highest BCUT2D eigenvalue weighted by atomic mass is 35.5. The molecule has 0 aliphatic heterocycles. The first-order valence-corrected chi connectivity index (χ1v) is 8.17. The third-order valence-electron chi connectivity index (χ3n) is 3.62. The summed E-state index contributed by atoms with van der Waals surface area (Å²) in [6, 6.07) is 15.1. The molecular weight excluding hydrogens is 336 g/mol. The molecule has 25 heavy (non-hydrogen) atoms. The lowest BCUT2D eigenvalue weighted by atomic mass is 10.2. The van der Waals surface area contributed by atoms with Crippen molar-refractivity contribution in [3.05, 3.63) is 82.6 Å². The van der Waals surface area contributed by atoms with Gasteiger partial charge in [-0.1, -0.05) is 47.5 Å². The van der Waals surface area contributed by atoms with Gasteiger partial charge < -0.3 is 10.6 Å². The number of nitrogens with one attached hydrogen (secondary N) is 2. The molecule has 3 aromatic rings. The monoisotopic (exact) mass is 352 g/mol. The average Bonchev–Trinajstić information content (AvgIpc) is 2.63. The predicted octanol–water partition coefficient (Wildman–Crippen LogP) is 4.30. The van der Waals surface area contributed by atoms with Crippen molar-refractivity contribution in [1.82, 2.24) is 9.97 Å². The van der Waals surface area contributed by atoms with E-state index in [0.717, 1.165) is 16.8 Å². The minimum absolute atomic E-state index is 0.249. The minimum atomic E-state index is -0.249. The van der Waals surface area contributed by atoms with Crippen molar-refractivity contribution in [3.63, 3.8) is 0 Å². The van der Waals surface area contributed by atoms with E-state index in [2.05, 4.69) is 20.6 Å². The Balaban J connectivity index is 1.60. The number of hydrogen-bond donors (Lipinski definition) is 2. The van der Waals surface area contributed by atoms with Gasteiger partial charge in [-0.15, -0.1) is 0 Å². The molecule has 6 heteroatoms. The van der Waals surface area contributed by atoms with Gasteiger partial charge in [-0.3, -0.25) is 4.79 Å². The quantitative estimate of drug-likeness (QED) is 0.718. The van der Waals surface area contributed by atoms with E-state index in [1.807, 2.05) is 55.5 Å². The number of benzene rings is 2. The van der Waals surface area contributed by atoms with Crippen LogP contribution in [0.2, 0.25) is 5.02 Å². The van der Waals surface area contributed by atoms with Gasteiger partial charge in [-0.25, -0.2) is 9.97 Å². The van der Waals surface area contributed by atoms with Gasteiger partial charge >= 0.3 is 0 Å². The van der Waals surface area contributed by atoms with E-state index < -0.39 is 0 Å². The van der Waals surface area contributed by atoms with Crippen molar-refractivity contribution in [3.8, 4) is 0 Å². The molecule has 1 heterocycles. The molecule has 126 valence electrons. The molecule has 0 fully saturated rings. The third kappa shape index (κ3) is 4.55. The fraction of sp³-hybridized carbons (Fsp3) is 0.105. The first-order valence-electron chi connectivity index (χ1n) is 7.79. The average molecular weight is 353 g/mol. The molecule has 5 nitrogen and oxygen atoms in total. The normalized spacial score (nSPS) is 10.3. The number of aryl methyl sites for hydroxylation is 1. The molecule has 0 aliphatic carbocycles. The molecule has 0 bridgehead atoms. The number of anilines is 2. The van der Waals surface area contributed by atoms with Crippen molar-refractivity contribution in [2.24, 2.45) is 0 Å². The lowest BCUT2D eigenvalue weighted by Crippen LogP contribution is -2.13. The number of hydrogen-bond acceptors (Lipinski definition) is 4. The zero-order valence-electron chi connectivity index (χ0n) is 13.7. The summed E-state index contributed by atoms with van der Waals surface area (Å²) in [5, 5.41) is 6.58. The van der Waals surface area contributed by atoms with Crippen molar-refractivity contribution in [1.29, 1.82) is 0 Å². The molecule has 0 aliphatic rings. The number of nitrogens with zero attached hydrogens (tertiary/aromatic N) is 2. The van der Waals surface area contributed by atoms with Gasteiger partial charge in [-0.05, 0) is 30.7 Å². The summed E-state index contributed by atoms with van der Waals surface area (Å²) >= 11 is 6.11. The van der Waals surface area contributed by atoms with Crippen LogP contribution < -0.4 is 10.6 Å². The fourth-order valence-corrected chi connectivity index (χ4v) is 2.40. The van der Waals surface area contributed by atoms with E-state index >= 15 is 0 Å². The largest absolute Gasteiger partial charge is 0.350 e. The second-order valence-corrected chi connectivity index (χ2v) is 5.97. The van der Waals surface area contributed by atoms with Crippen LogP contribution in [0.1, 0.15) is 21.5 Å². The van der Waals surface area contributed by atoms with Gasteiger partial charge in [0, 0.05) is 29.6 Å². The van der Waals surface area contributed by atoms with Gasteiger partial charge in [0.25, 0.3) is 5.91 Å². The molecule has 0 saturated carbocycles. The molecule has 1 aromatic heterocycles. The van der Waals surface area contributed by atoms with Crippen LogP contribution in [0.15, 0.2) is 60.9 Å². The van der Waals surface area contributed by atoms with Gasteiger partial charge in [-0.2, -0.15) is 0 Å². The van der Waals surface area contributed by atoms with Crippen molar-refractivity contribution >= 4 is 29.1 Å². The van der Waals surface area contributed by atoms with Crippen molar-refractivity contribution in [2.45, 2.75) is 13.5 Å². The Morgan fingerprint density at radius 2 is 1.72 bits per heavy atom. The summed E-state index contributed by atoms with van der Waals surface area (Å²) in [4.78, 5) is 20.6. The van der Waals surface area contributed by atoms with Crippen LogP contribution in [0.5, 0.6) is 0 Å². The number of aromatic nitrogens is 2. The summed E-state index contributed by atoms with van der Waals surface area (Å²) < 4.78 is 0. The van der Waals surface area contributed by atoms with Gasteiger partial charge in [0.05, 0.1) is 5.56 Å². The second kappa shape index (κ2) is 7.77. The maximum atomic E-state index is 12.2. The highest BCUT2D eigenvalue weighted by molar-refractivity contribution is 6.31. The summed E-state index contributed by atoms with van der Waals surface area (Å²) in [7, 11) is 0.